The van der Waals surface area contributed by atoms with E-state index >= 15 is 0 Å². The maximum absolute atomic E-state index is 11.8. The highest BCUT2D eigenvalue weighted by atomic mass is 32.2. The number of carboxylic acid groups (broad SMARTS) is 1. The molecule has 0 spiro atoms. The number of hydrogen-bond donors (Lipinski definition) is 2. The van der Waals surface area contributed by atoms with Gasteiger partial charge >= 0.3 is 12.1 Å². The molecular weight excluding hydrogens is 291 g/mol. The van der Waals surface area contributed by atoms with Gasteiger partial charge < -0.3 is 10.4 Å². The maximum Gasteiger partial charge on any atom is 0.405 e. The summed E-state index contributed by atoms with van der Waals surface area (Å²) in [5.74, 6) is -2.39. The van der Waals surface area contributed by atoms with Crippen molar-refractivity contribution < 1.29 is 27.9 Å². The minimum Gasteiger partial charge on any atom is -0.480 e. The van der Waals surface area contributed by atoms with Gasteiger partial charge in [-0.2, -0.15) is 13.2 Å². The average Bonchev–Trinajstić information content (AvgIpc) is 2.69. The van der Waals surface area contributed by atoms with Crippen molar-refractivity contribution in [3.05, 3.63) is 0 Å². The molecule has 0 atom stereocenters. The van der Waals surface area contributed by atoms with Gasteiger partial charge in [-0.25, -0.2) is 4.68 Å². The lowest BCUT2D eigenvalue weighted by Gasteiger charge is -2.07. The fraction of sp³-hybridized carbons (Fsp3) is 0.571. The van der Waals surface area contributed by atoms with Crippen LogP contribution in [0.1, 0.15) is 0 Å². The molecular formula is C7H8F3N5O3S. The van der Waals surface area contributed by atoms with E-state index < -0.39 is 31.1 Å². The summed E-state index contributed by atoms with van der Waals surface area (Å²) in [5, 5.41) is 20.2. The van der Waals surface area contributed by atoms with Gasteiger partial charge in [0.1, 0.15) is 13.1 Å². The van der Waals surface area contributed by atoms with Crippen molar-refractivity contribution in [2.75, 3.05) is 12.3 Å². The normalized spacial score (nSPS) is 11.3. The van der Waals surface area contributed by atoms with Crippen LogP contribution in [0, 0.1) is 0 Å². The first-order valence-corrected chi connectivity index (χ1v) is 5.70. The van der Waals surface area contributed by atoms with Gasteiger partial charge in [0.05, 0.1) is 5.75 Å². The molecule has 1 rings (SSSR count). The van der Waals surface area contributed by atoms with E-state index in [0.717, 1.165) is 16.4 Å². The second-order valence-electron chi connectivity index (χ2n) is 3.19. The molecule has 1 aromatic heterocycles. The van der Waals surface area contributed by atoms with Crippen molar-refractivity contribution in [3.63, 3.8) is 0 Å². The van der Waals surface area contributed by atoms with Crippen LogP contribution in [0.5, 0.6) is 0 Å². The van der Waals surface area contributed by atoms with Gasteiger partial charge in [0, 0.05) is 0 Å². The number of nitrogens with one attached hydrogen (secondary N) is 1. The molecule has 0 saturated heterocycles. The molecule has 0 saturated carbocycles. The lowest BCUT2D eigenvalue weighted by atomic mass is 10.6. The van der Waals surface area contributed by atoms with Gasteiger partial charge in [0.25, 0.3) is 0 Å². The number of carboxylic acids is 1. The molecule has 0 fully saturated rings. The molecule has 2 N–H and O–H groups in total. The molecule has 1 heterocycles. The lowest BCUT2D eigenvalue weighted by Crippen LogP contribution is -2.34. The number of hydrogen-bond acceptors (Lipinski definition) is 6. The molecule has 1 aromatic rings. The lowest BCUT2D eigenvalue weighted by molar-refractivity contribution is -0.138. The summed E-state index contributed by atoms with van der Waals surface area (Å²) < 4.78 is 36.4. The van der Waals surface area contributed by atoms with Crippen molar-refractivity contribution in [1.82, 2.24) is 25.5 Å². The van der Waals surface area contributed by atoms with Gasteiger partial charge in [-0.05, 0) is 10.4 Å². The summed E-state index contributed by atoms with van der Waals surface area (Å²) in [6, 6.07) is 0. The third kappa shape index (κ3) is 6.03. The second-order valence-corrected chi connectivity index (χ2v) is 4.14. The molecule has 12 heteroatoms. The predicted octanol–water partition coefficient (Wildman–Crippen LogP) is -0.472. The third-order valence-corrected chi connectivity index (χ3v) is 2.56. The Hall–Kier alpha value is -1.85. The summed E-state index contributed by atoms with van der Waals surface area (Å²) in [6.45, 7) is -1.92. The quantitative estimate of drug-likeness (QED) is 0.683. The smallest absolute Gasteiger partial charge is 0.405 e. The average molecular weight is 299 g/mol. The Labute approximate surface area is 108 Å². The minimum atomic E-state index is -4.48. The zero-order valence-electron chi connectivity index (χ0n) is 9.22. The fourth-order valence-electron chi connectivity index (χ4n) is 0.907. The number of carbonyl (C=O) groups excluding carboxylic acids is 1. The van der Waals surface area contributed by atoms with Crippen LogP contribution in [0.25, 0.3) is 0 Å². The van der Waals surface area contributed by atoms with Gasteiger partial charge in [-0.15, -0.1) is 5.10 Å². The Morgan fingerprint density at radius 1 is 1.42 bits per heavy atom. The number of rotatable bonds is 6. The Balaban J connectivity index is 2.42. The summed E-state index contributed by atoms with van der Waals surface area (Å²) >= 11 is 0.739. The molecule has 0 aliphatic carbocycles. The first-order valence-electron chi connectivity index (χ1n) is 4.72. The molecule has 0 unspecified atom stereocenters. The first-order chi connectivity index (χ1) is 8.78. The van der Waals surface area contributed by atoms with E-state index in [1.54, 1.807) is 5.32 Å². The van der Waals surface area contributed by atoms with Crippen molar-refractivity contribution in [1.29, 1.82) is 0 Å². The van der Waals surface area contributed by atoms with Gasteiger partial charge in [0.2, 0.25) is 11.1 Å². The molecule has 19 heavy (non-hydrogen) atoms. The Kier molecular flexibility index (Phi) is 5.09. The van der Waals surface area contributed by atoms with Gasteiger partial charge in [0.15, 0.2) is 0 Å². The highest BCUT2D eigenvalue weighted by Gasteiger charge is 2.27. The Bertz CT molecular complexity index is 463. The minimum absolute atomic E-state index is 0.0320. The van der Waals surface area contributed by atoms with Crippen LogP contribution in [0.2, 0.25) is 0 Å². The Morgan fingerprint density at radius 2 is 2.11 bits per heavy atom. The Morgan fingerprint density at radius 3 is 2.68 bits per heavy atom. The molecule has 0 aliphatic heterocycles. The summed E-state index contributed by atoms with van der Waals surface area (Å²) in [4.78, 5) is 21.5. The zero-order chi connectivity index (χ0) is 14.5. The monoisotopic (exact) mass is 299 g/mol. The number of tetrazole rings is 1. The molecule has 1 amide bonds. The highest BCUT2D eigenvalue weighted by Crippen LogP contribution is 2.14. The molecule has 8 nitrogen and oxygen atoms in total. The first kappa shape index (κ1) is 15.2. The molecule has 106 valence electrons. The van der Waals surface area contributed by atoms with Crippen LogP contribution >= 0.6 is 11.8 Å². The topological polar surface area (TPSA) is 110 Å². The van der Waals surface area contributed by atoms with E-state index in [1.165, 1.54) is 0 Å². The fourth-order valence-corrected chi connectivity index (χ4v) is 1.61. The van der Waals surface area contributed by atoms with Gasteiger partial charge in [-0.3, -0.25) is 9.59 Å². The van der Waals surface area contributed by atoms with E-state index in [4.69, 9.17) is 5.11 Å². The number of nitrogens with zero attached hydrogens (tertiary/aromatic N) is 4. The standard InChI is InChI=1S/C7H8F3N5O3S/c8-7(9,10)3-11-4(16)2-19-6-12-13-14-15(6)1-5(17)18/h1-3H2,(H,11,16)(H,17,18). The van der Waals surface area contributed by atoms with Crippen LogP contribution in [-0.2, 0) is 16.1 Å². The summed E-state index contributed by atoms with van der Waals surface area (Å²) in [5.41, 5.74) is 0. The van der Waals surface area contributed by atoms with E-state index in [-0.39, 0.29) is 10.9 Å². The molecule has 0 radical (unpaired) electrons. The van der Waals surface area contributed by atoms with Crippen LogP contribution in [0.4, 0.5) is 13.2 Å². The second kappa shape index (κ2) is 6.36. The van der Waals surface area contributed by atoms with Crippen molar-refractivity contribution in [2.45, 2.75) is 17.9 Å². The van der Waals surface area contributed by atoms with Crippen LogP contribution in [0.15, 0.2) is 5.16 Å². The number of alkyl halides is 3. The summed E-state index contributed by atoms with van der Waals surface area (Å²) in [7, 11) is 0. The van der Waals surface area contributed by atoms with E-state index in [2.05, 4.69) is 15.5 Å². The van der Waals surface area contributed by atoms with E-state index in [1.807, 2.05) is 0 Å². The van der Waals surface area contributed by atoms with Crippen LogP contribution in [-0.4, -0.2) is 55.7 Å². The number of thioether (sulfide) groups is 1. The number of aromatic nitrogens is 4. The van der Waals surface area contributed by atoms with E-state index in [9.17, 15) is 22.8 Å². The maximum atomic E-state index is 11.8. The molecule has 0 aromatic carbocycles. The highest BCUT2D eigenvalue weighted by molar-refractivity contribution is 7.99. The number of amides is 1. The van der Waals surface area contributed by atoms with Crippen LogP contribution in [0.3, 0.4) is 0 Å². The summed E-state index contributed by atoms with van der Waals surface area (Å²) in [6.07, 6.45) is -4.48. The predicted molar refractivity (Wildman–Crippen MR) is 55.2 cm³/mol. The SMILES string of the molecule is O=C(O)Cn1nnnc1SCC(=O)NCC(F)(F)F. The molecule has 0 aliphatic rings. The zero-order valence-corrected chi connectivity index (χ0v) is 10.0. The molecule has 0 bridgehead atoms. The third-order valence-electron chi connectivity index (χ3n) is 1.60. The van der Waals surface area contributed by atoms with Crippen molar-refractivity contribution in [3.8, 4) is 0 Å². The number of carbonyl (C=O) groups is 2. The van der Waals surface area contributed by atoms with Crippen LogP contribution < -0.4 is 5.32 Å². The number of aliphatic carboxylic acids is 1. The van der Waals surface area contributed by atoms with Gasteiger partial charge in [-0.1, -0.05) is 11.8 Å². The largest absolute Gasteiger partial charge is 0.480 e. The van der Waals surface area contributed by atoms with Crippen molar-refractivity contribution >= 4 is 23.6 Å². The number of halogens is 3. The van der Waals surface area contributed by atoms with E-state index in [0.29, 0.717) is 0 Å². The van der Waals surface area contributed by atoms with Crippen molar-refractivity contribution in [2.24, 2.45) is 0 Å².